The molecule has 0 spiro atoms. The summed E-state index contributed by atoms with van der Waals surface area (Å²) in [7, 11) is 0. The van der Waals surface area contributed by atoms with Crippen LogP contribution in [-0.2, 0) is 4.74 Å². The molecule has 1 rings (SSSR count). The monoisotopic (exact) mass is 276 g/mol. The van der Waals surface area contributed by atoms with Crippen LogP contribution in [0.1, 0.15) is 17.3 Å². The summed E-state index contributed by atoms with van der Waals surface area (Å²) in [6.45, 7) is 1.86. The second-order valence-electron chi connectivity index (χ2n) is 2.90. The van der Waals surface area contributed by atoms with Gasteiger partial charge in [0.2, 0.25) is 0 Å². The average molecular weight is 277 g/mol. The summed E-state index contributed by atoms with van der Waals surface area (Å²) in [5.74, 6) is -0.578. The van der Waals surface area contributed by atoms with Crippen LogP contribution < -0.4 is 10.9 Å². The lowest BCUT2D eigenvalue weighted by atomic mass is 10.2. The van der Waals surface area contributed by atoms with Crippen molar-refractivity contribution in [3.8, 4) is 0 Å². The highest BCUT2D eigenvalue weighted by Gasteiger charge is 2.13. The van der Waals surface area contributed by atoms with E-state index in [4.69, 9.17) is 23.2 Å². The van der Waals surface area contributed by atoms with Crippen molar-refractivity contribution in [2.75, 3.05) is 6.61 Å². The van der Waals surface area contributed by atoms with Gasteiger partial charge in [0.15, 0.2) is 0 Å². The van der Waals surface area contributed by atoms with E-state index in [1.54, 1.807) is 19.1 Å². The third-order valence-corrected chi connectivity index (χ3v) is 2.57. The van der Waals surface area contributed by atoms with Crippen LogP contribution in [0.25, 0.3) is 0 Å². The number of halogens is 2. The van der Waals surface area contributed by atoms with E-state index >= 15 is 0 Å². The Morgan fingerprint density at radius 1 is 1.29 bits per heavy atom. The Hall–Kier alpha value is -1.46. The van der Waals surface area contributed by atoms with Crippen LogP contribution in [0.2, 0.25) is 10.0 Å². The van der Waals surface area contributed by atoms with Crippen LogP contribution >= 0.6 is 23.2 Å². The highest BCUT2D eigenvalue weighted by molar-refractivity contribution is 6.43. The average Bonchev–Trinajstić information content (AvgIpc) is 2.30. The molecule has 0 heterocycles. The molecule has 0 aliphatic carbocycles. The van der Waals surface area contributed by atoms with E-state index in [2.05, 4.69) is 15.6 Å². The lowest BCUT2D eigenvalue weighted by Gasteiger charge is -2.08. The van der Waals surface area contributed by atoms with Gasteiger partial charge in [-0.15, -0.1) is 0 Å². The zero-order valence-corrected chi connectivity index (χ0v) is 10.4. The number of ether oxygens (including phenoxy) is 1. The summed E-state index contributed by atoms with van der Waals surface area (Å²) >= 11 is 11.6. The minimum absolute atomic E-state index is 0.123. The minimum Gasteiger partial charge on any atom is -0.449 e. The molecule has 0 saturated heterocycles. The normalized spacial score (nSPS) is 9.59. The third kappa shape index (κ3) is 3.80. The molecule has 0 radical (unpaired) electrons. The molecule has 2 N–H and O–H groups in total. The number of hydrogen-bond donors (Lipinski definition) is 2. The quantitative estimate of drug-likeness (QED) is 0.815. The lowest BCUT2D eigenvalue weighted by Crippen LogP contribution is -2.42. The van der Waals surface area contributed by atoms with Crippen LogP contribution in [0.4, 0.5) is 4.79 Å². The number of rotatable bonds is 2. The Balaban J connectivity index is 2.64. The first-order valence-electron chi connectivity index (χ1n) is 4.73. The number of hydrogen-bond acceptors (Lipinski definition) is 3. The summed E-state index contributed by atoms with van der Waals surface area (Å²) in [6, 6.07) is 4.61. The van der Waals surface area contributed by atoms with E-state index in [-0.39, 0.29) is 22.2 Å². The molecule has 0 atom stereocenters. The first kappa shape index (κ1) is 13.6. The van der Waals surface area contributed by atoms with Crippen LogP contribution in [0, 0.1) is 0 Å². The van der Waals surface area contributed by atoms with E-state index < -0.39 is 12.0 Å². The summed E-state index contributed by atoms with van der Waals surface area (Å²) in [6.07, 6.45) is -0.751. The van der Waals surface area contributed by atoms with Gasteiger partial charge < -0.3 is 4.74 Å². The van der Waals surface area contributed by atoms with E-state index in [1.807, 2.05) is 0 Å². The fourth-order valence-corrected chi connectivity index (χ4v) is 1.41. The molecule has 0 aliphatic heterocycles. The van der Waals surface area contributed by atoms with E-state index in [9.17, 15) is 9.59 Å². The Morgan fingerprint density at radius 3 is 2.65 bits per heavy atom. The molecule has 0 aliphatic rings. The summed E-state index contributed by atoms with van der Waals surface area (Å²) < 4.78 is 4.56. The summed E-state index contributed by atoms with van der Waals surface area (Å²) in [4.78, 5) is 22.5. The zero-order chi connectivity index (χ0) is 12.8. The fourth-order valence-electron chi connectivity index (χ4n) is 1.02. The van der Waals surface area contributed by atoms with Gasteiger partial charge >= 0.3 is 6.09 Å². The van der Waals surface area contributed by atoms with Crippen molar-refractivity contribution in [1.82, 2.24) is 10.9 Å². The Kier molecular flexibility index (Phi) is 5.06. The van der Waals surface area contributed by atoms with Crippen LogP contribution in [-0.4, -0.2) is 18.6 Å². The largest absolute Gasteiger partial charge is 0.449 e. The smallest absolute Gasteiger partial charge is 0.426 e. The maximum absolute atomic E-state index is 11.6. The SMILES string of the molecule is CCOC(=O)NNC(=O)c1cccc(Cl)c1Cl. The molecular weight excluding hydrogens is 267 g/mol. The molecule has 7 heteroatoms. The molecule has 0 bridgehead atoms. The van der Waals surface area contributed by atoms with Crippen LogP contribution in [0.5, 0.6) is 0 Å². The minimum atomic E-state index is -0.751. The summed E-state index contributed by atoms with van der Waals surface area (Å²) in [5.41, 5.74) is 4.37. The van der Waals surface area contributed by atoms with Gasteiger partial charge in [0, 0.05) is 0 Å². The molecule has 0 aromatic heterocycles. The molecular formula is C10H10Cl2N2O3. The van der Waals surface area contributed by atoms with Gasteiger partial charge in [0.05, 0.1) is 22.2 Å². The number of hydrazine groups is 1. The van der Waals surface area contributed by atoms with Gasteiger partial charge in [-0.25, -0.2) is 10.2 Å². The van der Waals surface area contributed by atoms with Crippen molar-refractivity contribution in [1.29, 1.82) is 0 Å². The highest BCUT2D eigenvalue weighted by Crippen LogP contribution is 2.25. The second-order valence-corrected chi connectivity index (χ2v) is 3.69. The number of carbonyl (C=O) groups excluding carboxylic acids is 2. The first-order chi connectivity index (χ1) is 8.06. The van der Waals surface area contributed by atoms with Crippen molar-refractivity contribution in [2.24, 2.45) is 0 Å². The van der Waals surface area contributed by atoms with Crippen LogP contribution in [0.15, 0.2) is 18.2 Å². The topological polar surface area (TPSA) is 67.4 Å². The Bertz CT molecular complexity index is 438. The lowest BCUT2D eigenvalue weighted by molar-refractivity contribution is 0.0913. The molecule has 5 nitrogen and oxygen atoms in total. The number of carbonyl (C=O) groups is 2. The number of benzene rings is 1. The maximum atomic E-state index is 11.6. The zero-order valence-electron chi connectivity index (χ0n) is 8.92. The fraction of sp³-hybridized carbons (Fsp3) is 0.200. The predicted molar refractivity (Wildman–Crippen MR) is 64.1 cm³/mol. The Morgan fingerprint density at radius 2 is 2.00 bits per heavy atom. The number of nitrogens with one attached hydrogen (secondary N) is 2. The summed E-state index contributed by atoms with van der Waals surface area (Å²) in [5, 5.41) is 0.382. The van der Waals surface area contributed by atoms with Crippen molar-refractivity contribution in [3.05, 3.63) is 33.8 Å². The standard InChI is InChI=1S/C10H10Cl2N2O3/c1-2-17-10(16)14-13-9(15)6-4-3-5-7(11)8(6)12/h3-5H,2H2,1H3,(H,13,15)(H,14,16). The highest BCUT2D eigenvalue weighted by atomic mass is 35.5. The first-order valence-corrected chi connectivity index (χ1v) is 5.49. The van der Waals surface area contributed by atoms with Crippen LogP contribution in [0.3, 0.4) is 0 Å². The van der Waals surface area contributed by atoms with E-state index in [0.29, 0.717) is 0 Å². The molecule has 2 amide bonds. The van der Waals surface area contributed by atoms with Crippen molar-refractivity contribution in [2.45, 2.75) is 6.92 Å². The molecule has 17 heavy (non-hydrogen) atoms. The maximum Gasteiger partial charge on any atom is 0.426 e. The van der Waals surface area contributed by atoms with E-state index in [0.717, 1.165) is 0 Å². The van der Waals surface area contributed by atoms with Gasteiger partial charge in [-0.1, -0.05) is 29.3 Å². The van der Waals surface area contributed by atoms with Gasteiger partial charge in [-0.3, -0.25) is 10.2 Å². The van der Waals surface area contributed by atoms with Gasteiger partial charge in [0.1, 0.15) is 0 Å². The molecule has 92 valence electrons. The molecule has 0 fully saturated rings. The third-order valence-electron chi connectivity index (χ3n) is 1.75. The van der Waals surface area contributed by atoms with Crippen molar-refractivity contribution >= 4 is 35.2 Å². The van der Waals surface area contributed by atoms with Crippen molar-refractivity contribution in [3.63, 3.8) is 0 Å². The van der Waals surface area contributed by atoms with Gasteiger partial charge in [-0.2, -0.15) is 0 Å². The van der Waals surface area contributed by atoms with Gasteiger partial charge in [0.25, 0.3) is 5.91 Å². The Labute approximate surface area is 108 Å². The molecule has 1 aromatic carbocycles. The number of amides is 2. The molecule has 1 aromatic rings. The molecule has 0 saturated carbocycles. The van der Waals surface area contributed by atoms with Crippen molar-refractivity contribution < 1.29 is 14.3 Å². The second kappa shape index (κ2) is 6.32. The molecule has 0 unspecified atom stereocenters. The van der Waals surface area contributed by atoms with Gasteiger partial charge in [-0.05, 0) is 19.1 Å². The predicted octanol–water partition coefficient (Wildman–Crippen LogP) is 2.38. The van der Waals surface area contributed by atoms with E-state index in [1.165, 1.54) is 6.07 Å².